The van der Waals surface area contributed by atoms with Gasteiger partial charge in [0.15, 0.2) is 0 Å². The summed E-state index contributed by atoms with van der Waals surface area (Å²) in [5.41, 5.74) is 7.60. The summed E-state index contributed by atoms with van der Waals surface area (Å²) in [5, 5.41) is 10.4. The molecule has 1 heterocycles. The first-order chi connectivity index (χ1) is 16.3. The number of nitrogens with zero attached hydrogens (tertiary/aromatic N) is 2. The van der Waals surface area contributed by atoms with Gasteiger partial charge in [-0.15, -0.1) is 0 Å². The van der Waals surface area contributed by atoms with Crippen LogP contribution in [0.4, 0.5) is 5.69 Å². The number of nitrogens with one attached hydrogen (secondary N) is 2. The second-order valence-corrected chi connectivity index (χ2v) is 8.49. The SMILES string of the molecule is Cc1ccc(-c2nn(-c3ccccc3)cc2C(=O)NCC(=O)Nc2c(C)cccc2C)c(C)c1. The monoisotopic (exact) mass is 452 g/mol. The Morgan fingerprint density at radius 1 is 0.853 bits per heavy atom. The minimum Gasteiger partial charge on any atom is -0.343 e. The van der Waals surface area contributed by atoms with E-state index in [-0.39, 0.29) is 18.4 Å². The Kier molecular flexibility index (Phi) is 6.59. The summed E-state index contributed by atoms with van der Waals surface area (Å²) in [6.45, 7) is 7.77. The van der Waals surface area contributed by atoms with Crippen molar-refractivity contribution in [1.82, 2.24) is 15.1 Å². The maximum absolute atomic E-state index is 13.2. The Balaban J connectivity index is 1.60. The van der Waals surface area contributed by atoms with E-state index in [0.717, 1.165) is 39.2 Å². The molecule has 4 rings (SSSR count). The lowest BCUT2D eigenvalue weighted by atomic mass is 10.0. The van der Waals surface area contributed by atoms with Gasteiger partial charge in [0.25, 0.3) is 5.91 Å². The summed E-state index contributed by atoms with van der Waals surface area (Å²) in [7, 11) is 0. The number of para-hydroxylation sites is 2. The van der Waals surface area contributed by atoms with E-state index in [2.05, 4.69) is 16.7 Å². The van der Waals surface area contributed by atoms with Gasteiger partial charge in [0.1, 0.15) is 5.69 Å². The normalized spacial score (nSPS) is 10.7. The van der Waals surface area contributed by atoms with Crippen LogP contribution in [0.3, 0.4) is 0 Å². The molecule has 0 radical (unpaired) electrons. The third-order valence-corrected chi connectivity index (χ3v) is 5.77. The van der Waals surface area contributed by atoms with Crippen LogP contribution >= 0.6 is 0 Å². The summed E-state index contributed by atoms with van der Waals surface area (Å²) in [6, 6.07) is 21.5. The van der Waals surface area contributed by atoms with Gasteiger partial charge in [-0.2, -0.15) is 5.10 Å². The zero-order chi connectivity index (χ0) is 24.2. The minimum atomic E-state index is -0.353. The van der Waals surface area contributed by atoms with Gasteiger partial charge in [0, 0.05) is 17.4 Å². The van der Waals surface area contributed by atoms with Crippen LogP contribution in [0.1, 0.15) is 32.6 Å². The second kappa shape index (κ2) is 9.75. The highest BCUT2D eigenvalue weighted by Crippen LogP contribution is 2.27. The summed E-state index contributed by atoms with van der Waals surface area (Å²) >= 11 is 0. The molecule has 2 amide bonds. The largest absolute Gasteiger partial charge is 0.343 e. The van der Waals surface area contributed by atoms with Gasteiger partial charge in [0.2, 0.25) is 5.91 Å². The molecule has 2 N–H and O–H groups in total. The summed E-state index contributed by atoms with van der Waals surface area (Å²) in [6.07, 6.45) is 1.71. The van der Waals surface area contributed by atoms with E-state index in [9.17, 15) is 9.59 Å². The Morgan fingerprint density at radius 2 is 1.56 bits per heavy atom. The van der Waals surface area contributed by atoms with Crippen LogP contribution in [0.2, 0.25) is 0 Å². The molecule has 6 nitrogen and oxygen atoms in total. The molecule has 0 saturated heterocycles. The van der Waals surface area contributed by atoms with Crippen LogP contribution in [0.25, 0.3) is 16.9 Å². The number of aryl methyl sites for hydroxylation is 4. The molecule has 172 valence electrons. The van der Waals surface area contributed by atoms with E-state index in [0.29, 0.717) is 11.3 Å². The summed E-state index contributed by atoms with van der Waals surface area (Å²) in [5.74, 6) is -0.636. The number of rotatable bonds is 6. The highest BCUT2D eigenvalue weighted by molar-refractivity contribution is 6.03. The molecule has 6 heteroatoms. The maximum atomic E-state index is 13.2. The molecule has 34 heavy (non-hydrogen) atoms. The van der Waals surface area contributed by atoms with Gasteiger partial charge in [-0.25, -0.2) is 4.68 Å². The summed E-state index contributed by atoms with van der Waals surface area (Å²) in [4.78, 5) is 25.8. The average molecular weight is 453 g/mol. The lowest BCUT2D eigenvalue weighted by Gasteiger charge is -2.12. The molecule has 0 atom stereocenters. The van der Waals surface area contributed by atoms with E-state index in [1.807, 2.05) is 88.4 Å². The Hall–Kier alpha value is -4.19. The molecular formula is C28H28N4O2. The smallest absolute Gasteiger partial charge is 0.255 e. The van der Waals surface area contributed by atoms with Gasteiger partial charge in [0.05, 0.1) is 17.8 Å². The number of anilines is 1. The first-order valence-electron chi connectivity index (χ1n) is 11.2. The van der Waals surface area contributed by atoms with Crippen molar-refractivity contribution in [3.8, 4) is 16.9 Å². The van der Waals surface area contributed by atoms with Gasteiger partial charge in [-0.1, -0.05) is 60.2 Å². The number of amides is 2. The topological polar surface area (TPSA) is 76.0 Å². The summed E-state index contributed by atoms with van der Waals surface area (Å²) < 4.78 is 1.69. The number of benzene rings is 3. The Labute approximate surface area is 199 Å². The Morgan fingerprint density at radius 3 is 2.24 bits per heavy atom. The highest BCUT2D eigenvalue weighted by Gasteiger charge is 2.20. The zero-order valence-corrected chi connectivity index (χ0v) is 19.8. The predicted molar refractivity (Wildman–Crippen MR) is 135 cm³/mol. The van der Waals surface area contributed by atoms with Crippen LogP contribution in [-0.4, -0.2) is 28.1 Å². The van der Waals surface area contributed by atoms with Crippen molar-refractivity contribution in [1.29, 1.82) is 0 Å². The van der Waals surface area contributed by atoms with Crippen LogP contribution in [-0.2, 0) is 4.79 Å². The predicted octanol–water partition coefficient (Wildman–Crippen LogP) is 5.14. The molecule has 0 spiro atoms. The molecule has 1 aromatic heterocycles. The van der Waals surface area contributed by atoms with E-state index < -0.39 is 0 Å². The minimum absolute atomic E-state index is 0.143. The number of carbonyl (C=O) groups excluding carboxylic acids is 2. The second-order valence-electron chi connectivity index (χ2n) is 8.49. The Bertz CT molecular complexity index is 1340. The van der Waals surface area contributed by atoms with E-state index in [4.69, 9.17) is 5.10 Å². The maximum Gasteiger partial charge on any atom is 0.255 e. The van der Waals surface area contributed by atoms with Crippen molar-refractivity contribution >= 4 is 17.5 Å². The number of aromatic nitrogens is 2. The lowest BCUT2D eigenvalue weighted by Crippen LogP contribution is -2.33. The van der Waals surface area contributed by atoms with Gasteiger partial charge in [-0.3, -0.25) is 9.59 Å². The highest BCUT2D eigenvalue weighted by atomic mass is 16.2. The van der Waals surface area contributed by atoms with Gasteiger partial charge < -0.3 is 10.6 Å². The fraction of sp³-hybridized carbons (Fsp3) is 0.179. The molecule has 0 saturated carbocycles. The van der Waals surface area contributed by atoms with Crippen molar-refractivity contribution in [2.75, 3.05) is 11.9 Å². The molecule has 0 fully saturated rings. The van der Waals surface area contributed by atoms with E-state index in [1.165, 1.54) is 0 Å². The van der Waals surface area contributed by atoms with Crippen molar-refractivity contribution in [3.05, 3.63) is 101 Å². The van der Waals surface area contributed by atoms with Gasteiger partial charge >= 0.3 is 0 Å². The number of carbonyl (C=O) groups is 2. The van der Waals surface area contributed by atoms with Crippen molar-refractivity contribution < 1.29 is 9.59 Å². The van der Waals surface area contributed by atoms with Crippen LogP contribution in [0.5, 0.6) is 0 Å². The lowest BCUT2D eigenvalue weighted by molar-refractivity contribution is -0.115. The molecule has 3 aromatic carbocycles. The number of hydrogen-bond acceptors (Lipinski definition) is 3. The van der Waals surface area contributed by atoms with Crippen molar-refractivity contribution in [3.63, 3.8) is 0 Å². The van der Waals surface area contributed by atoms with Gasteiger partial charge in [-0.05, 0) is 56.5 Å². The fourth-order valence-corrected chi connectivity index (χ4v) is 3.98. The molecule has 4 aromatic rings. The fourth-order valence-electron chi connectivity index (χ4n) is 3.98. The molecule has 0 unspecified atom stereocenters. The van der Waals surface area contributed by atoms with Crippen molar-refractivity contribution in [2.45, 2.75) is 27.7 Å². The quantitative estimate of drug-likeness (QED) is 0.425. The third-order valence-electron chi connectivity index (χ3n) is 5.77. The average Bonchev–Trinajstić information content (AvgIpc) is 3.26. The molecule has 0 aliphatic carbocycles. The first kappa shape index (κ1) is 23.0. The molecule has 0 aliphatic rings. The third kappa shape index (κ3) is 4.91. The van der Waals surface area contributed by atoms with Crippen molar-refractivity contribution in [2.24, 2.45) is 0 Å². The zero-order valence-electron chi connectivity index (χ0n) is 19.8. The molecular weight excluding hydrogens is 424 g/mol. The molecule has 0 aliphatic heterocycles. The first-order valence-corrected chi connectivity index (χ1v) is 11.2. The molecule has 0 bridgehead atoms. The van der Waals surface area contributed by atoms with Crippen LogP contribution in [0, 0.1) is 27.7 Å². The van der Waals surface area contributed by atoms with Crippen LogP contribution < -0.4 is 10.6 Å². The standard InChI is InChI=1S/C28H28N4O2/c1-18-13-14-23(21(4)15-18)27-24(17-32(31-27)22-11-6-5-7-12-22)28(34)29-16-25(33)30-26-19(2)9-8-10-20(26)3/h5-15,17H,16H2,1-4H3,(H,29,34)(H,30,33). The van der Waals surface area contributed by atoms with E-state index >= 15 is 0 Å². The van der Waals surface area contributed by atoms with Crippen LogP contribution in [0.15, 0.2) is 72.9 Å². The number of hydrogen-bond donors (Lipinski definition) is 2. The van der Waals surface area contributed by atoms with E-state index in [1.54, 1.807) is 10.9 Å².